The first-order chi connectivity index (χ1) is 33.1. The molecule has 3 aliphatic carbocycles. The number of anilines is 5. The highest BCUT2D eigenvalue weighted by molar-refractivity contribution is 6.73. The van der Waals surface area contributed by atoms with E-state index in [9.17, 15) is 0 Å². The van der Waals surface area contributed by atoms with Crippen molar-refractivity contribution in [2.75, 3.05) is 10.2 Å². The lowest BCUT2D eigenvalue weighted by Gasteiger charge is -2.45. The van der Waals surface area contributed by atoms with E-state index in [-0.39, 0.29) is 32.5 Å². The molecule has 1 N–H and O–H groups in total. The molecule has 0 spiro atoms. The van der Waals surface area contributed by atoms with E-state index in [1.54, 1.807) is 0 Å². The first-order valence-corrected chi connectivity index (χ1v) is 26.3. The van der Waals surface area contributed by atoms with Gasteiger partial charge in [-0.25, -0.2) is 0 Å². The summed E-state index contributed by atoms with van der Waals surface area (Å²) in [5, 5.41) is 6.40. The zero-order valence-corrected chi connectivity index (χ0v) is 43.9. The number of para-hydroxylation sites is 1. The molecule has 0 radical (unpaired) electrons. The second-order valence-corrected chi connectivity index (χ2v) is 25.8. The largest absolute Gasteiger partial charge is 0.456 e. The van der Waals surface area contributed by atoms with Crippen molar-refractivity contribution >= 4 is 68.6 Å². The molecular formula is C66H71BN2O. The van der Waals surface area contributed by atoms with Crippen molar-refractivity contribution in [1.29, 1.82) is 0 Å². The van der Waals surface area contributed by atoms with E-state index in [1.165, 1.54) is 122 Å². The molecule has 12 rings (SSSR count). The Morgan fingerprint density at radius 1 is 0.457 bits per heavy atom. The summed E-state index contributed by atoms with van der Waals surface area (Å²) in [4.78, 5) is 2.67. The Morgan fingerprint density at radius 3 is 1.67 bits per heavy atom. The predicted octanol–water partition coefficient (Wildman–Crippen LogP) is 16.9. The lowest BCUT2D eigenvalue weighted by molar-refractivity contribution is 0.332. The fraction of sp³-hybridized carbons (Fsp3) is 0.364. The summed E-state index contributed by atoms with van der Waals surface area (Å²) in [6.45, 7) is 29.4. The molecule has 3 nitrogen and oxygen atoms in total. The van der Waals surface area contributed by atoms with Gasteiger partial charge in [-0.3, -0.25) is 0 Å². The van der Waals surface area contributed by atoms with Gasteiger partial charge in [0.05, 0.1) is 0 Å². The van der Waals surface area contributed by atoms with Crippen LogP contribution in [-0.2, 0) is 32.5 Å². The van der Waals surface area contributed by atoms with Gasteiger partial charge >= 0.3 is 0 Å². The quantitative estimate of drug-likeness (QED) is 0.174. The van der Waals surface area contributed by atoms with E-state index in [0.717, 1.165) is 40.6 Å². The van der Waals surface area contributed by atoms with Gasteiger partial charge in [-0.15, -0.1) is 0 Å². The van der Waals surface area contributed by atoms with Crippen LogP contribution >= 0.6 is 0 Å². The van der Waals surface area contributed by atoms with Crippen LogP contribution < -0.4 is 21.1 Å². The Kier molecular flexibility index (Phi) is 9.84. The van der Waals surface area contributed by atoms with Crippen LogP contribution in [0.15, 0.2) is 132 Å². The van der Waals surface area contributed by atoms with Crippen molar-refractivity contribution in [3.8, 4) is 22.3 Å². The Balaban J connectivity index is 1.17. The van der Waals surface area contributed by atoms with Crippen LogP contribution in [0.2, 0.25) is 0 Å². The molecule has 1 aliphatic heterocycles. The molecule has 1 aromatic heterocycles. The zero-order chi connectivity index (χ0) is 48.9. The molecule has 0 unspecified atom stereocenters. The standard InChI is InChI=1S/C66H71BN2O/c1-61(2)28-30-63(5,6)48-36-42(22-24-46(48)61)68-53-26-27-57-59(44-20-16-17-21-56(44)70-57)58(53)45-34-41(40-18-14-13-15-19-40)35-55-60(45)67-52-38-50-51(66(11,12)33-32-65(50,9)10)39-54(52)69(55)43-23-25-47-49(37-43)64(7,8)31-29-62(47,3)4/h13-27,34-39,67-68H,28-33H2,1-12H3. The Bertz CT molecular complexity index is 3450. The normalized spacial score (nSPS) is 19.6. The molecule has 0 bridgehead atoms. The van der Waals surface area contributed by atoms with E-state index >= 15 is 0 Å². The molecule has 4 heteroatoms. The van der Waals surface area contributed by atoms with E-state index in [0.29, 0.717) is 0 Å². The van der Waals surface area contributed by atoms with Crippen molar-refractivity contribution in [2.45, 2.75) is 154 Å². The van der Waals surface area contributed by atoms with Crippen molar-refractivity contribution in [3.05, 3.63) is 161 Å². The number of nitrogens with zero attached hydrogens (tertiary/aromatic N) is 1. The van der Waals surface area contributed by atoms with Gasteiger partial charge in [0.1, 0.15) is 11.2 Å². The van der Waals surface area contributed by atoms with Crippen LogP contribution in [0.3, 0.4) is 0 Å². The summed E-state index contributed by atoms with van der Waals surface area (Å²) >= 11 is 0. The van der Waals surface area contributed by atoms with E-state index < -0.39 is 0 Å². The second kappa shape index (κ2) is 15.3. The second-order valence-electron chi connectivity index (χ2n) is 25.8. The average Bonchev–Trinajstić information content (AvgIpc) is 3.71. The van der Waals surface area contributed by atoms with Gasteiger partial charge in [-0.1, -0.05) is 155 Å². The lowest BCUT2D eigenvalue weighted by atomic mass is 9.55. The van der Waals surface area contributed by atoms with Crippen LogP contribution in [0.4, 0.5) is 28.4 Å². The van der Waals surface area contributed by atoms with Crippen LogP contribution in [0.25, 0.3) is 44.2 Å². The third-order valence-electron chi connectivity index (χ3n) is 18.3. The summed E-state index contributed by atoms with van der Waals surface area (Å²) in [5.41, 5.74) is 24.8. The van der Waals surface area contributed by atoms with Gasteiger partial charge in [-0.05, 0) is 187 Å². The molecule has 70 heavy (non-hydrogen) atoms. The highest BCUT2D eigenvalue weighted by atomic mass is 16.3. The molecule has 0 atom stereocenters. The number of fused-ring (bicyclic) bond motifs is 8. The maximum Gasteiger partial charge on any atom is 0.198 e. The molecule has 8 aromatic rings. The minimum absolute atomic E-state index is 0.0570. The average molecular weight is 919 g/mol. The molecule has 7 aromatic carbocycles. The molecule has 0 saturated carbocycles. The summed E-state index contributed by atoms with van der Waals surface area (Å²) in [6.07, 6.45) is 7.06. The molecule has 2 heterocycles. The van der Waals surface area contributed by atoms with Gasteiger partial charge in [0.25, 0.3) is 0 Å². The fourth-order valence-corrected chi connectivity index (χ4v) is 13.4. The van der Waals surface area contributed by atoms with Crippen molar-refractivity contribution in [2.24, 2.45) is 0 Å². The first kappa shape index (κ1) is 45.2. The maximum absolute atomic E-state index is 6.81. The lowest BCUT2D eigenvalue weighted by Crippen LogP contribution is -2.44. The molecule has 4 aliphatic rings. The van der Waals surface area contributed by atoms with E-state index in [2.05, 4.69) is 221 Å². The van der Waals surface area contributed by atoms with Crippen molar-refractivity contribution in [3.63, 3.8) is 0 Å². The number of furan rings is 1. The maximum atomic E-state index is 6.81. The van der Waals surface area contributed by atoms with Crippen LogP contribution in [0, 0.1) is 0 Å². The third-order valence-corrected chi connectivity index (χ3v) is 18.3. The van der Waals surface area contributed by atoms with Gasteiger partial charge in [0.2, 0.25) is 0 Å². The smallest absolute Gasteiger partial charge is 0.198 e. The monoisotopic (exact) mass is 919 g/mol. The van der Waals surface area contributed by atoms with Gasteiger partial charge in [0.15, 0.2) is 7.28 Å². The zero-order valence-electron chi connectivity index (χ0n) is 43.9. The van der Waals surface area contributed by atoms with Crippen LogP contribution in [0.1, 0.15) is 155 Å². The topological polar surface area (TPSA) is 28.4 Å². The van der Waals surface area contributed by atoms with Crippen LogP contribution in [-0.4, -0.2) is 7.28 Å². The minimum atomic E-state index is 0.0570. The van der Waals surface area contributed by atoms with Crippen molar-refractivity contribution in [1.82, 2.24) is 0 Å². The predicted molar refractivity (Wildman–Crippen MR) is 301 cm³/mol. The molecule has 0 saturated heterocycles. The summed E-state index contributed by atoms with van der Waals surface area (Å²) in [5.74, 6) is 0. The van der Waals surface area contributed by atoms with Crippen LogP contribution in [0.5, 0.6) is 0 Å². The molecule has 0 amide bonds. The minimum Gasteiger partial charge on any atom is -0.456 e. The SMILES string of the molecule is CC1(C)CCC(C)(C)c2cc(Nc3ccc4oc5ccccc5c4c3-c3cc(-c4ccccc4)cc4c3Bc3cc5c(cc3N4c3ccc4c(c3)C(C)(C)CCC4(C)C)C(C)(C)CCC5(C)C)ccc21. The Hall–Kier alpha value is -6.00. The number of nitrogens with one attached hydrogen (secondary N) is 1. The van der Waals surface area contributed by atoms with Gasteiger partial charge in [-0.2, -0.15) is 0 Å². The van der Waals surface area contributed by atoms with Gasteiger partial charge in [0, 0.05) is 44.8 Å². The first-order valence-electron chi connectivity index (χ1n) is 26.3. The van der Waals surface area contributed by atoms with Crippen molar-refractivity contribution < 1.29 is 4.42 Å². The fourth-order valence-electron chi connectivity index (χ4n) is 13.4. The summed E-state index contributed by atoms with van der Waals surface area (Å²) in [6, 6.07) is 49.1. The van der Waals surface area contributed by atoms with Gasteiger partial charge < -0.3 is 14.6 Å². The number of hydrogen-bond donors (Lipinski definition) is 1. The Labute approximate surface area is 418 Å². The molecular weight excluding hydrogens is 848 g/mol. The summed E-state index contributed by atoms with van der Waals surface area (Å²) < 4.78 is 6.81. The molecule has 0 fully saturated rings. The third kappa shape index (κ3) is 7.04. The number of hydrogen-bond acceptors (Lipinski definition) is 3. The Morgan fingerprint density at radius 2 is 1.01 bits per heavy atom. The van der Waals surface area contributed by atoms with E-state index in [4.69, 9.17) is 4.42 Å². The highest BCUT2D eigenvalue weighted by Crippen LogP contribution is 2.53. The number of rotatable bonds is 5. The highest BCUT2D eigenvalue weighted by Gasteiger charge is 2.42. The molecule has 354 valence electrons. The van der Waals surface area contributed by atoms with E-state index in [1.807, 2.05) is 0 Å². The summed E-state index contributed by atoms with van der Waals surface area (Å²) in [7, 11) is 0.812. The number of benzene rings is 7.